The predicted molar refractivity (Wildman–Crippen MR) is 98.5 cm³/mol. The maximum Gasteiger partial charge on any atom is 0.110 e. The summed E-state index contributed by atoms with van der Waals surface area (Å²) in [6.07, 6.45) is 2.67. The van der Waals surface area contributed by atoms with E-state index in [1.807, 2.05) is 0 Å². The molecule has 114 valence electrons. The molecule has 2 aromatic rings. The molecule has 0 unspecified atom stereocenters. The SMILES string of the molecule is CCc1ccc(C(=NC=NC)Sc2cccc(C)c2)cc1C. The molecule has 0 radical (unpaired) electrons. The van der Waals surface area contributed by atoms with E-state index in [2.05, 4.69) is 73.2 Å². The van der Waals surface area contributed by atoms with Crippen molar-refractivity contribution in [2.24, 2.45) is 9.98 Å². The lowest BCUT2D eigenvalue weighted by atomic mass is 10.0. The van der Waals surface area contributed by atoms with E-state index in [0.717, 1.165) is 17.0 Å². The van der Waals surface area contributed by atoms with Crippen molar-refractivity contribution in [3.05, 3.63) is 64.7 Å². The smallest absolute Gasteiger partial charge is 0.110 e. The first-order valence-electron chi connectivity index (χ1n) is 7.47. The maximum absolute atomic E-state index is 4.52. The third kappa shape index (κ3) is 4.31. The van der Waals surface area contributed by atoms with Gasteiger partial charge in [-0.2, -0.15) is 0 Å². The Kier molecular flexibility index (Phi) is 5.96. The van der Waals surface area contributed by atoms with Gasteiger partial charge in [-0.15, -0.1) is 0 Å². The molecule has 0 aliphatic rings. The van der Waals surface area contributed by atoms with Crippen molar-refractivity contribution in [2.45, 2.75) is 32.1 Å². The van der Waals surface area contributed by atoms with Crippen LogP contribution in [0.2, 0.25) is 0 Å². The molecule has 0 atom stereocenters. The zero-order valence-corrected chi connectivity index (χ0v) is 14.4. The molecule has 0 spiro atoms. The first-order valence-corrected chi connectivity index (χ1v) is 8.28. The summed E-state index contributed by atoms with van der Waals surface area (Å²) in [7, 11) is 1.74. The molecular formula is C19H22N2S. The van der Waals surface area contributed by atoms with E-state index in [1.165, 1.54) is 21.6 Å². The van der Waals surface area contributed by atoms with Crippen molar-refractivity contribution in [2.75, 3.05) is 7.05 Å². The molecule has 0 amide bonds. The van der Waals surface area contributed by atoms with Crippen LogP contribution in [0.15, 0.2) is 57.3 Å². The van der Waals surface area contributed by atoms with Crippen molar-refractivity contribution in [1.82, 2.24) is 0 Å². The molecule has 2 rings (SSSR count). The summed E-state index contributed by atoms with van der Waals surface area (Å²) in [6.45, 7) is 6.45. The van der Waals surface area contributed by atoms with Crippen LogP contribution < -0.4 is 0 Å². The monoisotopic (exact) mass is 310 g/mol. The van der Waals surface area contributed by atoms with Crippen LogP contribution in [-0.2, 0) is 6.42 Å². The average Bonchev–Trinajstić information content (AvgIpc) is 2.51. The molecule has 0 aliphatic heterocycles. The van der Waals surface area contributed by atoms with Crippen molar-refractivity contribution in [3.8, 4) is 0 Å². The van der Waals surface area contributed by atoms with E-state index >= 15 is 0 Å². The highest BCUT2D eigenvalue weighted by molar-refractivity contribution is 8.14. The van der Waals surface area contributed by atoms with Gasteiger partial charge < -0.3 is 0 Å². The second-order valence-corrected chi connectivity index (χ2v) is 6.28. The van der Waals surface area contributed by atoms with Crippen molar-refractivity contribution in [3.63, 3.8) is 0 Å². The molecule has 0 saturated carbocycles. The van der Waals surface area contributed by atoms with Gasteiger partial charge in [-0.3, -0.25) is 4.99 Å². The number of thioether (sulfide) groups is 1. The minimum Gasteiger partial charge on any atom is -0.277 e. The molecule has 0 fully saturated rings. The van der Waals surface area contributed by atoms with Crippen LogP contribution in [0.4, 0.5) is 0 Å². The topological polar surface area (TPSA) is 24.7 Å². The van der Waals surface area contributed by atoms with Gasteiger partial charge in [0.05, 0.1) is 0 Å². The van der Waals surface area contributed by atoms with Crippen LogP contribution in [0.1, 0.15) is 29.2 Å². The molecular weight excluding hydrogens is 288 g/mol. The van der Waals surface area contributed by atoms with E-state index < -0.39 is 0 Å². The molecule has 0 aliphatic carbocycles. The lowest BCUT2D eigenvalue weighted by molar-refractivity contribution is 1.11. The Morgan fingerprint density at radius 3 is 2.59 bits per heavy atom. The van der Waals surface area contributed by atoms with Crippen molar-refractivity contribution >= 4 is 23.1 Å². The number of aliphatic imine (C=N–C) groups is 2. The van der Waals surface area contributed by atoms with E-state index in [0.29, 0.717) is 0 Å². The fraction of sp³-hybridized carbons (Fsp3) is 0.263. The van der Waals surface area contributed by atoms with Crippen molar-refractivity contribution < 1.29 is 0 Å². The predicted octanol–water partition coefficient (Wildman–Crippen LogP) is 5.06. The highest BCUT2D eigenvalue weighted by Gasteiger charge is 2.08. The summed E-state index contributed by atoms with van der Waals surface area (Å²) >= 11 is 1.68. The Hall–Kier alpha value is -1.87. The van der Waals surface area contributed by atoms with Crippen LogP contribution in [0, 0.1) is 13.8 Å². The Morgan fingerprint density at radius 2 is 1.95 bits per heavy atom. The summed E-state index contributed by atoms with van der Waals surface area (Å²) in [5.41, 5.74) is 5.09. The zero-order chi connectivity index (χ0) is 15.9. The zero-order valence-electron chi connectivity index (χ0n) is 13.6. The van der Waals surface area contributed by atoms with Gasteiger partial charge in [-0.05, 0) is 49.6 Å². The molecule has 0 bridgehead atoms. The van der Waals surface area contributed by atoms with E-state index in [9.17, 15) is 0 Å². The Morgan fingerprint density at radius 1 is 1.14 bits per heavy atom. The molecule has 3 heteroatoms. The Labute approximate surface area is 137 Å². The minimum atomic E-state index is 0.974. The molecule has 0 saturated heterocycles. The number of hydrogen-bond acceptors (Lipinski definition) is 2. The van der Waals surface area contributed by atoms with Gasteiger partial charge >= 0.3 is 0 Å². The van der Waals surface area contributed by atoms with Gasteiger partial charge in [0.15, 0.2) is 0 Å². The average molecular weight is 310 g/mol. The first-order chi connectivity index (χ1) is 10.6. The van der Waals surface area contributed by atoms with E-state index in [1.54, 1.807) is 25.1 Å². The van der Waals surface area contributed by atoms with Crippen molar-refractivity contribution in [1.29, 1.82) is 0 Å². The molecule has 22 heavy (non-hydrogen) atoms. The number of aryl methyl sites for hydroxylation is 3. The number of nitrogens with zero attached hydrogens (tertiary/aromatic N) is 2. The highest BCUT2D eigenvalue weighted by Crippen LogP contribution is 2.25. The van der Waals surface area contributed by atoms with E-state index in [4.69, 9.17) is 0 Å². The molecule has 0 aromatic heterocycles. The molecule has 2 nitrogen and oxygen atoms in total. The second kappa shape index (κ2) is 7.95. The molecule has 0 heterocycles. The lowest BCUT2D eigenvalue weighted by Gasteiger charge is -2.09. The normalized spacial score (nSPS) is 12.1. The van der Waals surface area contributed by atoms with Gasteiger partial charge in [-0.1, -0.05) is 48.5 Å². The number of rotatable bonds is 4. The van der Waals surface area contributed by atoms with Gasteiger partial charge in [0, 0.05) is 17.5 Å². The second-order valence-electron chi connectivity index (χ2n) is 5.22. The van der Waals surface area contributed by atoms with Gasteiger partial charge in [0.25, 0.3) is 0 Å². The molecule has 0 N–H and O–H groups in total. The van der Waals surface area contributed by atoms with Crippen LogP contribution in [0.25, 0.3) is 0 Å². The lowest BCUT2D eigenvalue weighted by Crippen LogP contribution is -1.99. The van der Waals surface area contributed by atoms with Crippen LogP contribution in [-0.4, -0.2) is 18.4 Å². The summed E-state index contributed by atoms with van der Waals surface area (Å²) in [5.74, 6) is 0. The maximum atomic E-state index is 4.52. The van der Waals surface area contributed by atoms with Crippen LogP contribution in [0.5, 0.6) is 0 Å². The summed E-state index contributed by atoms with van der Waals surface area (Å²) < 4.78 is 0. The van der Waals surface area contributed by atoms with Gasteiger partial charge in [-0.25, -0.2) is 4.99 Å². The van der Waals surface area contributed by atoms with Gasteiger partial charge in [0.1, 0.15) is 11.4 Å². The number of hydrogen-bond donors (Lipinski definition) is 0. The summed E-state index contributed by atoms with van der Waals surface area (Å²) in [6, 6.07) is 15.0. The summed E-state index contributed by atoms with van der Waals surface area (Å²) in [5, 5.41) is 0.974. The van der Waals surface area contributed by atoms with Gasteiger partial charge in [0.2, 0.25) is 0 Å². The first kappa shape index (κ1) is 16.5. The standard InChI is InChI=1S/C19H22N2S/c1-5-16-9-10-17(12-15(16)3)19(21-13-20-4)22-18-8-6-7-14(2)11-18/h6-13H,5H2,1-4H3. The van der Waals surface area contributed by atoms with Crippen LogP contribution in [0.3, 0.4) is 0 Å². The largest absolute Gasteiger partial charge is 0.277 e. The Balaban J connectivity index is 2.36. The molecule has 2 aromatic carbocycles. The van der Waals surface area contributed by atoms with E-state index in [-0.39, 0.29) is 0 Å². The fourth-order valence-corrected chi connectivity index (χ4v) is 3.25. The summed E-state index contributed by atoms with van der Waals surface area (Å²) in [4.78, 5) is 9.71. The number of benzene rings is 2. The minimum absolute atomic E-state index is 0.974. The fourth-order valence-electron chi connectivity index (χ4n) is 2.29. The highest BCUT2D eigenvalue weighted by atomic mass is 32.2. The van der Waals surface area contributed by atoms with Crippen LogP contribution >= 0.6 is 11.8 Å². The Bertz CT molecular complexity index is 702. The third-order valence-electron chi connectivity index (χ3n) is 3.46. The quantitative estimate of drug-likeness (QED) is 0.440. The third-order valence-corrected chi connectivity index (χ3v) is 4.49.